The molecule has 1 N–H and O–H groups in total. The summed E-state index contributed by atoms with van der Waals surface area (Å²) in [7, 11) is -3.36. The monoisotopic (exact) mass is 388 g/mol. The van der Waals surface area contributed by atoms with E-state index in [0.29, 0.717) is 17.3 Å². The molecule has 1 saturated heterocycles. The highest BCUT2D eigenvalue weighted by molar-refractivity contribution is 9.11. The van der Waals surface area contributed by atoms with Crippen LogP contribution in [0.5, 0.6) is 0 Å². The van der Waals surface area contributed by atoms with E-state index in [0.717, 1.165) is 9.35 Å². The van der Waals surface area contributed by atoms with Gasteiger partial charge < -0.3 is 5.32 Å². The largest absolute Gasteiger partial charge is 0.311 e. The Morgan fingerprint density at radius 3 is 2.63 bits per heavy atom. The number of piperazine rings is 1. The predicted molar refractivity (Wildman–Crippen MR) is 84.8 cm³/mol. The first kappa shape index (κ1) is 17.4. The Morgan fingerprint density at radius 2 is 2.11 bits per heavy atom. The molecule has 0 saturated carbocycles. The van der Waals surface area contributed by atoms with Gasteiger partial charge in [0.05, 0.1) is 3.79 Å². The van der Waals surface area contributed by atoms with Crippen molar-refractivity contribution >= 4 is 49.7 Å². The highest BCUT2D eigenvalue weighted by Gasteiger charge is 2.35. The Kier molecular flexibility index (Phi) is 5.86. The van der Waals surface area contributed by atoms with E-state index in [-0.39, 0.29) is 24.5 Å². The number of sulfonamides is 1. The number of nitrogens with one attached hydrogen (secondary N) is 1. The summed E-state index contributed by atoms with van der Waals surface area (Å²) in [5.74, 6) is 0. The quantitative estimate of drug-likeness (QED) is 0.846. The summed E-state index contributed by atoms with van der Waals surface area (Å²) >= 11 is 4.67. The number of halogens is 2. The highest BCUT2D eigenvalue weighted by Crippen LogP contribution is 2.33. The van der Waals surface area contributed by atoms with E-state index in [2.05, 4.69) is 21.2 Å². The van der Waals surface area contributed by atoms with Crippen molar-refractivity contribution in [3.05, 3.63) is 15.4 Å². The number of hydrogen-bond donors (Lipinski definition) is 1. The van der Waals surface area contributed by atoms with E-state index in [1.165, 1.54) is 11.3 Å². The molecule has 1 fully saturated rings. The summed E-state index contributed by atoms with van der Waals surface area (Å²) < 4.78 is 28.1. The molecule has 0 amide bonds. The minimum atomic E-state index is -3.36. The second-order valence-corrected chi connectivity index (χ2v) is 9.11. The first-order valence-corrected chi connectivity index (χ1v) is 8.90. The van der Waals surface area contributed by atoms with Crippen LogP contribution in [0.4, 0.5) is 0 Å². The molecule has 1 aromatic rings. The Balaban J connectivity index is 0.00000180. The van der Waals surface area contributed by atoms with Gasteiger partial charge >= 0.3 is 0 Å². The molecule has 0 bridgehead atoms. The summed E-state index contributed by atoms with van der Waals surface area (Å²) in [5.41, 5.74) is 0.967. The normalized spacial score (nSPS) is 25.1. The second kappa shape index (κ2) is 6.41. The fourth-order valence-corrected chi connectivity index (χ4v) is 6.10. The average molecular weight is 390 g/mol. The van der Waals surface area contributed by atoms with Gasteiger partial charge in [-0.05, 0) is 48.3 Å². The molecule has 0 spiro atoms. The summed E-state index contributed by atoms with van der Waals surface area (Å²) in [6.45, 7) is 7.11. The Labute approximate surface area is 133 Å². The van der Waals surface area contributed by atoms with Crippen LogP contribution >= 0.6 is 39.7 Å². The van der Waals surface area contributed by atoms with E-state index >= 15 is 0 Å². The van der Waals surface area contributed by atoms with Gasteiger partial charge in [-0.2, -0.15) is 4.31 Å². The van der Waals surface area contributed by atoms with Crippen molar-refractivity contribution in [1.82, 2.24) is 9.62 Å². The standard InChI is InChI=1S/C11H17BrN2O2S2.ClH/c1-7-6-10(17-11(7)12)18(15,16)14-5-4-13-8(2)9(14)3;/h6,8-9,13H,4-5H2,1-3H3;1H. The van der Waals surface area contributed by atoms with E-state index in [4.69, 9.17) is 0 Å². The van der Waals surface area contributed by atoms with Gasteiger partial charge in [-0.1, -0.05) is 0 Å². The zero-order valence-electron chi connectivity index (χ0n) is 11.0. The number of hydrogen-bond acceptors (Lipinski definition) is 4. The second-order valence-electron chi connectivity index (χ2n) is 4.62. The van der Waals surface area contributed by atoms with Crippen LogP contribution in [-0.2, 0) is 10.0 Å². The van der Waals surface area contributed by atoms with Gasteiger partial charge in [0, 0.05) is 25.2 Å². The minimum absolute atomic E-state index is 0. The van der Waals surface area contributed by atoms with E-state index in [1.54, 1.807) is 10.4 Å². The lowest BCUT2D eigenvalue weighted by atomic mass is 10.1. The van der Waals surface area contributed by atoms with Crippen molar-refractivity contribution < 1.29 is 8.42 Å². The maximum atomic E-state index is 12.6. The molecule has 2 heterocycles. The summed E-state index contributed by atoms with van der Waals surface area (Å²) in [6, 6.07) is 1.90. The lowest BCUT2D eigenvalue weighted by molar-refractivity contribution is 0.233. The molecule has 2 rings (SSSR count). The van der Waals surface area contributed by atoms with Crippen LogP contribution in [0.25, 0.3) is 0 Å². The van der Waals surface area contributed by atoms with Gasteiger partial charge in [-0.15, -0.1) is 23.7 Å². The molecule has 2 unspecified atom stereocenters. The van der Waals surface area contributed by atoms with Gasteiger partial charge in [-0.3, -0.25) is 0 Å². The summed E-state index contributed by atoms with van der Waals surface area (Å²) in [4.78, 5) is 0. The SMILES string of the molecule is Cc1cc(S(=O)(=O)N2CCNC(C)C2C)sc1Br.Cl. The van der Waals surface area contributed by atoms with Crippen LogP contribution in [0.15, 0.2) is 14.1 Å². The average Bonchev–Trinajstić information content (AvgIpc) is 2.63. The van der Waals surface area contributed by atoms with Crippen LogP contribution in [-0.4, -0.2) is 37.9 Å². The fraction of sp³-hybridized carbons (Fsp3) is 0.636. The van der Waals surface area contributed by atoms with E-state index < -0.39 is 10.0 Å². The summed E-state index contributed by atoms with van der Waals surface area (Å²) in [6.07, 6.45) is 0. The minimum Gasteiger partial charge on any atom is -0.311 e. The topological polar surface area (TPSA) is 49.4 Å². The zero-order chi connectivity index (χ0) is 13.5. The molecule has 0 aliphatic carbocycles. The van der Waals surface area contributed by atoms with Crippen molar-refractivity contribution in [1.29, 1.82) is 0 Å². The molecule has 1 aliphatic heterocycles. The zero-order valence-corrected chi connectivity index (χ0v) is 15.0. The Hall–Kier alpha value is 0.340. The third-order valence-electron chi connectivity index (χ3n) is 3.37. The molecule has 1 aromatic heterocycles. The smallest absolute Gasteiger partial charge is 0.252 e. The van der Waals surface area contributed by atoms with Gasteiger partial charge in [0.25, 0.3) is 10.0 Å². The van der Waals surface area contributed by atoms with Crippen LogP contribution in [0.3, 0.4) is 0 Å². The molecular weight excluding hydrogens is 372 g/mol. The first-order chi connectivity index (χ1) is 8.34. The summed E-state index contributed by atoms with van der Waals surface area (Å²) in [5, 5.41) is 3.29. The molecule has 110 valence electrons. The van der Waals surface area contributed by atoms with Crippen LogP contribution in [0.1, 0.15) is 19.4 Å². The molecule has 2 atom stereocenters. The van der Waals surface area contributed by atoms with E-state index in [9.17, 15) is 8.42 Å². The number of nitrogens with zero attached hydrogens (tertiary/aromatic N) is 1. The molecule has 0 radical (unpaired) electrons. The van der Waals surface area contributed by atoms with Gasteiger partial charge in [-0.25, -0.2) is 8.42 Å². The molecule has 0 aromatic carbocycles. The van der Waals surface area contributed by atoms with Gasteiger partial charge in [0.15, 0.2) is 0 Å². The number of thiophene rings is 1. The lowest BCUT2D eigenvalue weighted by Crippen LogP contribution is -2.56. The van der Waals surface area contributed by atoms with Crippen molar-refractivity contribution in [2.45, 2.75) is 37.1 Å². The Morgan fingerprint density at radius 1 is 1.47 bits per heavy atom. The van der Waals surface area contributed by atoms with Gasteiger partial charge in [0.1, 0.15) is 4.21 Å². The van der Waals surface area contributed by atoms with Crippen molar-refractivity contribution in [3.8, 4) is 0 Å². The molecule has 19 heavy (non-hydrogen) atoms. The Bertz CT molecular complexity index is 527. The number of aryl methyl sites for hydroxylation is 1. The van der Waals surface area contributed by atoms with Crippen LogP contribution < -0.4 is 5.32 Å². The van der Waals surface area contributed by atoms with Crippen molar-refractivity contribution in [3.63, 3.8) is 0 Å². The molecule has 8 heteroatoms. The maximum Gasteiger partial charge on any atom is 0.252 e. The maximum absolute atomic E-state index is 12.6. The lowest BCUT2D eigenvalue weighted by Gasteiger charge is -2.37. The predicted octanol–water partition coefficient (Wildman–Crippen LogP) is 2.61. The molecule has 4 nitrogen and oxygen atoms in total. The molecular formula is C11H18BrClN2O2S2. The van der Waals surface area contributed by atoms with Crippen molar-refractivity contribution in [2.75, 3.05) is 13.1 Å². The van der Waals surface area contributed by atoms with E-state index in [1.807, 2.05) is 20.8 Å². The first-order valence-electron chi connectivity index (χ1n) is 5.85. The molecule has 1 aliphatic rings. The number of rotatable bonds is 2. The van der Waals surface area contributed by atoms with Crippen LogP contribution in [0, 0.1) is 6.92 Å². The third kappa shape index (κ3) is 3.33. The fourth-order valence-electron chi connectivity index (χ4n) is 2.04. The third-order valence-corrected chi connectivity index (χ3v) is 7.95. The highest BCUT2D eigenvalue weighted by atomic mass is 79.9. The van der Waals surface area contributed by atoms with Gasteiger partial charge in [0.2, 0.25) is 0 Å². The van der Waals surface area contributed by atoms with Crippen LogP contribution in [0.2, 0.25) is 0 Å². The van der Waals surface area contributed by atoms with Crippen molar-refractivity contribution in [2.24, 2.45) is 0 Å².